The van der Waals surface area contributed by atoms with Crippen LogP contribution in [0.4, 0.5) is 5.69 Å². The van der Waals surface area contributed by atoms with Gasteiger partial charge in [0.15, 0.2) is 9.99 Å². The lowest BCUT2D eigenvalue weighted by Crippen LogP contribution is -2.15. The molecular weight excluding hydrogens is 436 g/mol. The molecule has 6 nitrogen and oxygen atoms in total. The highest BCUT2D eigenvalue weighted by atomic mass is 79.9. The van der Waals surface area contributed by atoms with Gasteiger partial charge in [0, 0.05) is 35.0 Å². The molecule has 0 radical (unpaired) electrons. The quantitative estimate of drug-likeness (QED) is 0.518. The zero-order valence-corrected chi connectivity index (χ0v) is 15.9. The second-order valence-electron chi connectivity index (χ2n) is 4.81. The van der Waals surface area contributed by atoms with Crippen molar-refractivity contribution in [1.82, 2.24) is 14.4 Å². The predicted octanol–water partition coefficient (Wildman–Crippen LogP) is 3.93. The van der Waals surface area contributed by atoms with Gasteiger partial charge in [-0.05, 0) is 39.5 Å². The van der Waals surface area contributed by atoms with E-state index in [-0.39, 0.29) is 17.4 Å². The van der Waals surface area contributed by atoms with Gasteiger partial charge in [0.1, 0.15) is 4.60 Å². The summed E-state index contributed by atoms with van der Waals surface area (Å²) < 4.78 is 29.9. The van der Waals surface area contributed by atoms with Crippen molar-refractivity contribution >= 4 is 71.1 Å². The zero-order valence-electron chi connectivity index (χ0n) is 11.9. The lowest BCUT2D eigenvalue weighted by atomic mass is 10.2. The molecule has 3 aromatic heterocycles. The van der Waals surface area contributed by atoms with Crippen molar-refractivity contribution < 1.29 is 8.42 Å². The van der Waals surface area contributed by atoms with Crippen LogP contribution in [0.3, 0.4) is 0 Å². The summed E-state index contributed by atoms with van der Waals surface area (Å²) in [4.78, 5) is 8.86. The Morgan fingerprint density at radius 1 is 1.21 bits per heavy atom. The SMILES string of the molecule is Cl.O=S(=O)(Nc1ccc2cnccc2c1)c1c(Br)nc2sccn12. The molecule has 0 aliphatic rings. The van der Waals surface area contributed by atoms with E-state index in [4.69, 9.17) is 0 Å². The number of benzene rings is 1. The van der Waals surface area contributed by atoms with E-state index in [1.807, 2.05) is 12.1 Å². The Morgan fingerprint density at radius 2 is 2.04 bits per heavy atom. The Morgan fingerprint density at radius 3 is 2.88 bits per heavy atom. The van der Waals surface area contributed by atoms with Crippen molar-refractivity contribution in [3.05, 3.63) is 52.8 Å². The van der Waals surface area contributed by atoms with Crippen molar-refractivity contribution in [1.29, 1.82) is 0 Å². The maximum atomic E-state index is 12.7. The molecule has 124 valence electrons. The molecule has 0 fully saturated rings. The van der Waals surface area contributed by atoms with Gasteiger partial charge in [0.2, 0.25) is 0 Å². The second-order valence-corrected chi connectivity index (χ2v) is 8.03. The number of sulfonamides is 1. The number of pyridine rings is 1. The van der Waals surface area contributed by atoms with Gasteiger partial charge in [-0.3, -0.25) is 14.1 Å². The fourth-order valence-electron chi connectivity index (χ4n) is 2.33. The molecule has 3 heterocycles. The van der Waals surface area contributed by atoms with E-state index in [9.17, 15) is 8.42 Å². The maximum Gasteiger partial charge on any atom is 0.280 e. The molecular formula is C14H10BrClN4O2S2. The van der Waals surface area contributed by atoms with E-state index in [2.05, 4.69) is 30.6 Å². The molecule has 0 unspecified atom stereocenters. The number of fused-ring (bicyclic) bond motifs is 2. The van der Waals surface area contributed by atoms with Crippen LogP contribution in [-0.4, -0.2) is 22.8 Å². The molecule has 24 heavy (non-hydrogen) atoms. The van der Waals surface area contributed by atoms with Crippen LogP contribution >= 0.6 is 39.7 Å². The zero-order chi connectivity index (χ0) is 16.0. The number of rotatable bonds is 3. The van der Waals surface area contributed by atoms with Crippen molar-refractivity contribution in [2.24, 2.45) is 0 Å². The van der Waals surface area contributed by atoms with Gasteiger partial charge in [0.25, 0.3) is 10.0 Å². The predicted molar refractivity (Wildman–Crippen MR) is 101 cm³/mol. The summed E-state index contributed by atoms with van der Waals surface area (Å²) in [5, 5.41) is 3.73. The number of thiazole rings is 1. The number of imidazole rings is 1. The number of hydrogen-bond donors (Lipinski definition) is 1. The fourth-order valence-corrected chi connectivity index (χ4v) is 5.42. The van der Waals surface area contributed by atoms with E-state index in [1.165, 1.54) is 11.3 Å². The molecule has 0 spiro atoms. The first kappa shape index (κ1) is 17.2. The minimum absolute atomic E-state index is 0. The van der Waals surface area contributed by atoms with Crippen molar-refractivity contribution in [3.63, 3.8) is 0 Å². The van der Waals surface area contributed by atoms with Crippen molar-refractivity contribution in [3.8, 4) is 0 Å². The molecule has 1 aromatic carbocycles. The van der Waals surface area contributed by atoms with Gasteiger partial charge in [0.05, 0.1) is 0 Å². The molecule has 0 amide bonds. The molecule has 0 aliphatic carbocycles. The molecule has 0 aliphatic heterocycles. The molecule has 0 saturated heterocycles. The van der Waals surface area contributed by atoms with E-state index in [0.717, 1.165) is 10.8 Å². The standard InChI is InChI=1S/C14H9BrN4O2S2.ClH/c15-12-13(19-5-6-22-14(19)17-12)23(20,21)18-11-2-1-10-8-16-4-3-9(10)7-11;/h1-8,18H;1H. The molecule has 4 aromatic rings. The van der Waals surface area contributed by atoms with Gasteiger partial charge in [-0.2, -0.15) is 8.42 Å². The van der Waals surface area contributed by atoms with Gasteiger partial charge in [-0.25, -0.2) is 4.98 Å². The first-order chi connectivity index (χ1) is 11.0. The van der Waals surface area contributed by atoms with Crippen LogP contribution in [0.2, 0.25) is 0 Å². The van der Waals surface area contributed by atoms with Crippen LogP contribution in [-0.2, 0) is 10.0 Å². The number of nitrogens with one attached hydrogen (secondary N) is 1. The first-order valence-corrected chi connectivity index (χ1v) is 9.68. The first-order valence-electron chi connectivity index (χ1n) is 6.52. The smallest absolute Gasteiger partial charge is 0.278 e. The summed E-state index contributed by atoms with van der Waals surface area (Å²) >= 11 is 4.59. The number of aromatic nitrogens is 3. The molecule has 10 heteroatoms. The van der Waals surface area contributed by atoms with E-state index >= 15 is 0 Å². The highest BCUT2D eigenvalue weighted by Crippen LogP contribution is 2.28. The third-order valence-corrected chi connectivity index (χ3v) is 6.30. The number of anilines is 1. The Balaban J connectivity index is 0.00000169. The number of halogens is 2. The summed E-state index contributed by atoms with van der Waals surface area (Å²) in [6.45, 7) is 0. The Kier molecular flexibility index (Phi) is 4.52. The lowest BCUT2D eigenvalue weighted by Gasteiger charge is -2.08. The lowest BCUT2D eigenvalue weighted by molar-refractivity contribution is 0.596. The molecule has 1 N–H and O–H groups in total. The summed E-state index contributed by atoms with van der Waals surface area (Å²) in [7, 11) is -3.77. The topological polar surface area (TPSA) is 76.4 Å². The van der Waals surface area contributed by atoms with Crippen LogP contribution < -0.4 is 4.72 Å². The van der Waals surface area contributed by atoms with Crippen LogP contribution in [0, 0.1) is 0 Å². The van der Waals surface area contributed by atoms with Crippen LogP contribution in [0.25, 0.3) is 15.7 Å². The summed E-state index contributed by atoms with van der Waals surface area (Å²) in [6, 6.07) is 7.14. The molecule has 0 saturated carbocycles. The van der Waals surface area contributed by atoms with Gasteiger partial charge >= 0.3 is 0 Å². The average molecular weight is 446 g/mol. The van der Waals surface area contributed by atoms with Gasteiger partial charge in [-0.1, -0.05) is 6.07 Å². The number of nitrogens with zero attached hydrogens (tertiary/aromatic N) is 3. The van der Waals surface area contributed by atoms with Crippen LogP contribution in [0.5, 0.6) is 0 Å². The Labute approximate surface area is 156 Å². The van der Waals surface area contributed by atoms with Crippen molar-refractivity contribution in [2.45, 2.75) is 5.03 Å². The Bertz CT molecular complexity index is 1140. The van der Waals surface area contributed by atoms with Crippen LogP contribution in [0.1, 0.15) is 0 Å². The third-order valence-electron chi connectivity index (χ3n) is 3.33. The molecule has 4 rings (SSSR count). The van der Waals surface area contributed by atoms with Crippen LogP contribution in [0.15, 0.2) is 57.9 Å². The van der Waals surface area contributed by atoms with E-state index in [0.29, 0.717) is 15.3 Å². The van der Waals surface area contributed by atoms with Crippen molar-refractivity contribution in [2.75, 3.05) is 4.72 Å². The van der Waals surface area contributed by atoms with E-state index < -0.39 is 10.0 Å². The normalized spacial score (nSPS) is 11.5. The molecule has 0 bridgehead atoms. The largest absolute Gasteiger partial charge is 0.280 e. The third kappa shape index (κ3) is 2.88. The second kappa shape index (κ2) is 6.32. The summed E-state index contributed by atoms with van der Waals surface area (Å²) in [5.74, 6) is 0. The number of hydrogen-bond acceptors (Lipinski definition) is 5. The van der Waals surface area contributed by atoms with E-state index in [1.54, 1.807) is 40.5 Å². The monoisotopic (exact) mass is 444 g/mol. The highest BCUT2D eigenvalue weighted by Gasteiger charge is 2.24. The average Bonchev–Trinajstić information content (AvgIpc) is 3.06. The summed E-state index contributed by atoms with van der Waals surface area (Å²) in [6.07, 6.45) is 5.08. The fraction of sp³-hybridized carbons (Fsp3) is 0. The van der Waals surface area contributed by atoms with Gasteiger partial charge < -0.3 is 0 Å². The van der Waals surface area contributed by atoms with Gasteiger partial charge in [-0.15, -0.1) is 23.7 Å². The molecule has 0 atom stereocenters. The minimum atomic E-state index is -3.77. The highest BCUT2D eigenvalue weighted by molar-refractivity contribution is 9.10. The minimum Gasteiger partial charge on any atom is -0.278 e. The maximum absolute atomic E-state index is 12.7. The summed E-state index contributed by atoms with van der Waals surface area (Å²) in [5.41, 5.74) is 0.487. The Hall–Kier alpha value is -1.68.